The number of aryl methyl sites for hydroxylation is 2. The highest BCUT2D eigenvalue weighted by Crippen LogP contribution is 2.28. The lowest BCUT2D eigenvalue weighted by Crippen LogP contribution is -2.26. The number of hydrogen-bond acceptors (Lipinski definition) is 3. The monoisotopic (exact) mass is 433 g/mol. The maximum absolute atomic E-state index is 12.3. The zero-order valence-electron chi connectivity index (χ0n) is 19.2. The number of benzene rings is 2. The van der Waals surface area contributed by atoms with Crippen molar-refractivity contribution in [3.63, 3.8) is 0 Å². The van der Waals surface area contributed by atoms with E-state index in [0.717, 1.165) is 48.0 Å². The first kappa shape index (κ1) is 22.4. The fourth-order valence-corrected chi connectivity index (χ4v) is 4.82. The minimum atomic E-state index is 0.0565. The van der Waals surface area contributed by atoms with Gasteiger partial charge in [0.05, 0.1) is 24.6 Å². The quantitative estimate of drug-likeness (QED) is 0.441. The van der Waals surface area contributed by atoms with Gasteiger partial charge < -0.3 is 14.6 Å². The van der Waals surface area contributed by atoms with Gasteiger partial charge in [0.2, 0.25) is 5.91 Å². The van der Waals surface area contributed by atoms with Gasteiger partial charge in [0.15, 0.2) is 0 Å². The number of amides is 1. The van der Waals surface area contributed by atoms with E-state index < -0.39 is 0 Å². The van der Waals surface area contributed by atoms with Crippen molar-refractivity contribution in [1.29, 1.82) is 0 Å². The van der Waals surface area contributed by atoms with E-state index in [2.05, 4.69) is 34.1 Å². The van der Waals surface area contributed by atoms with E-state index in [4.69, 9.17) is 9.72 Å². The molecule has 1 heterocycles. The maximum atomic E-state index is 12.3. The van der Waals surface area contributed by atoms with Crippen molar-refractivity contribution in [3.05, 3.63) is 59.9 Å². The lowest BCUT2D eigenvalue weighted by Gasteiger charge is -2.22. The van der Waals surface area contributed by atoms with Crippen molar-refractivity contribution >= 4 is 16.9 Å². The van der Waals surface area contributed by atoms with Crippen LogP contribution >= 0.6 is 0 Å². The summed E-state index contributed by atoms with van der Waals surface area (Å²) in [4.78, 5) is 17.2. The standard InChI is InChI=1S/C27H35N3O2/c1-32-23-15-13-22(14-16-23)20-27(31)28-18-7-12-26-29-24-10-5-6-11-25(24)30(26)19-17-21-8-3-2-4-9-21/h5-6,10-11,13-16,21H,2-4,7-9,12,17-20H2,1H3,(H,28,31). The lowest BCUT2D eigenvalue weighted by molar-refractivity contribution is -0.120. The molecule has 0 radical (unpaired) electrons. The van der Waals surface area contributed by atoms with Gasteiger partial charge in [-0.3, -0.25) is 4.79 Å². The highest BCUT2D eigenvalue weighted by atomic mass is 16.5. The van der Waals surface area contributed by atoms with Crippen LogP contribution in [-0.4, -0.2) is 29.1 Å². The van der Waals surface area contributed by atoms with Gasteiger partial charge in [0, 0.05) is 19.5 Å². The molecule has 1 aromatic heterocycles. The normalized spacial score (nSPS) is 14.5. The summed E-state index contributed by atoms with van der Waals surface area (Å²) in [5.41, 5.74) is 3.31. The molecule has 0 saturated heterocycles. The van der Waals surface area contributed by atoms with Gasteiger partial charge in [0.1, 0.15) is 11.6 Å². The second-order valence-electron chi connectivity index (χ2n) is 8.94. The fraction of sp³-hybridized carbons (Fsp3) is 0.481. The molecular formula is C27H35N3O2. The Morgan fingerprint density at radius 3 is 2.66 bits per heavy atom. The molecule has 1 amide bonds. The average Bonchev–Trinajstić information content (AvgIpc) is 3.19. The molecule has 0 aliphatic heterocycles. The Kier molecular flexibility index (Phi) is 7.81. The predicted molar refractivity (Wildman–Crippen MR) is 129 cm³/mol. The second-order valence-corrected chi connectivity index (χ2v) is 8.94. The SMILES string of the molecule is COc1ccc(CC(=O)NCCCc2nc3ccccc3n2CCC2CCCCC2)cc1. The number of aromatic nitrogens is 2. The first-order chi connectivity index (χ1) is 15.7. The Labute approximate surface area is 191 Å². The van der Waals surface area contributed by atoms with E-state index in [9.17, 15) is 4.79 Å². The highest BCUT2D eigenvalue weighted by Gasteiger charge is 2.16. The van der Waals surface area contributed by atoms with Gasteiger partial charge in [-0.25, -0.2) is 4.98 Å². The van der Waals surface area contributed by atoms with E-state index in [-0.39, 0.29) is 5.91 Å². The van der Waals surface area contributed by atoms with Gasteiger partial charge in [-0.15, -0.1) is 0 Å². The molecule has 170 valence electrons. The van der Waals surface area contributed by atoms with E-state index >= 15 is 0 Å². The van der Waals surface area contributed by atoms with Crippen molar-refractivity contribution in [2.24, 2.45) is 5.92 Å². The molecule has 0 spiro atoms. The third kappa shape index (κ3) is 5.90. The van der Waals surface area contributed by atoms with Gasteiger partial charge in [-0.05, 0) is 48.6 Å². The Hall–Kier alpha value is -2.82. The Morgan fingerprint density at radius 2 is 1.88 bits per heavy atom. The number of nitrogens with zero attached hydrogens (tertiary/aromatic N) is 2. The van der Waals surface area contributed by atoms with Crippen molar-refractivity contribution < 1.29 is 9.53 Å². The van der Waals surface area contributed by atoms with Crippen LogP contribution in [0.1, 0.15) is 56.3 Å². The first-order valence-corrected chi connectivity index (χ1v) is 12.1. The summed E-state index contributed by atoms with van der Waals surface area (Å²) < 4.78 is 7.59. The molecule has 5 heteroatoms. The third-order valence-corrected chi connectivity index (χ3v) is 6.64. The predicted octanol–water partition coefficient (Wildman–Crippen LogP) is 5.31. The third-order valence-electron chi connectivity index (χ3n) is 6.64. The molecule has 1 N–H and O–H groups in total. The molecule has 1 fully saturated rings. The Balaban J connectivity index is 1.29. The van der Waals surface area contributed by atoms with Crippen molar-refractivity contribution in [2.75, 3.05) is 13.7 Å². The summed E-state index contributed by atoms with van der Waals surface area (Å²) in [6, 6.07) is 16.1. The van der Waals surface area contributed by atoms with Crippen LogP contribution in [0.5, 0.6) is 5.75 Å². The summed E-state index contributed by atoms with van der Waals surface area (Å²) in [6.45, 7) is 1.71. The van der Waals surface area contributed by atoms with E-state index in [1.165, 1.54) is 44.0 Å². The molecule has 0 atom stereocenters. The average molecular weight is 434 g/mol. The largest absolute Gasteiger partial charge is 0.497 e. The summed E-state index contributed by atoms with van der Waals surface area (Å²) in [5.74, 6) is 2.86. The number of fused-ring (bicyclic) bond motifs is 1. The molecule has 3 aromatic rings. The van der Waals surface area contributed by atoms with E-state index in [1.54, 1.807) is 7.11 Å². The van der Waals surface area contributed by atoms with Crippen LogP contribution in [0.25, 0.3) is 11.0 Å². The number of carbonyl (C=O) groups excluding carboxylic acids is 1. The van der Waals surface area contributed by atoms with E-state index in [1.807, 2.05) is 24.3 Å². The molecular weight excluding hydrogens is 398 g/mol. The Morgan fingerprint density at radius 1 is 1.09 bits per heavy atom. The zero-order valence-corrected chi connectivity index (χ0v) is 19.2. The van der Waals surface area contributed by atoms with Gasteiger partial charge in [0.25, 0.3) is 0 Å². The van der Waals surface area contributed by atoms with Crippen molar-refractivity contribution in [2.45, 2.75) is 64.3 Å². The molecule has 1 aliphatic rings. The van der Waals surface area contributed by atoms with Crippen LogP contribution in [0, 0.1) is 5.92 Å². The number of rotatable bonds is 10. The summed E-state index contributed by atoms with van der Waals surface area (Å²) in [6.07, 6.45) is 10.3. The van der Waals surface area contributed by atoms with Crippen molar-refractivity contribution in [1.82, 2.24) is 14.9 Å². The minimum absolute atomic E-state index is 0.0565. The molecule has 0 bridgehead atoms. The Bertz CT molecular complexity index is 1000. The molecule has 4 rings (SSSR count). The summed E-state index contributed by atoms with van der Waals surface area (Å²) in [7, 11) is 1.64. The molecule has 0 unspecified atom stereocenters. The van der Waals surface area contributed by atoms with Crippen LogP contribution in [0.15, 0.2) is 48.5 Å². The van der Waals surface area contributed by atoms with Gasteiger partial charge in [-0.1, -0.05) is 56.4 Å². The molecule has 32 heavy (non-hydrogen) atoms. The van der Waals surface area contributed by atoms with Gasteiger partial charge in [-0.2, -0.15) is 0 Å². The summed E-state index contributed by atoms with van der Waals surface area (Å²) in [5, 5.41) is 3.06. The van der Waals surface area contributed by atoms with Gasteiger partial charge >= 0.3 is 0 Å². The molecule has 1 aliphatic carbocycles. The number of hydrogen-bond donors (Lipinski definition) is 1. The first-order valence-electron chi connectivity index (χ1n) is 12.1. The van der Waals surface area contributed by atoms with Crippen LogP contribution in [0.3, 0.4) is 0 Å². The molecule has 5 nitrogen and oxygen atoms in total. The van der Waals surface area contributed by atoms with Crippen LogP contribution in [0.4, 0.5) is 0 Å². The van der Waals surface area contributed by atoms with E-state index in [0.29, 0.717) is 13.0 Å². The second kappa shape index (κ2) is 11.2. The fourth-order valence-electron chi connectivity index (χ4n) is 4.82. The molecule has 2 aromatic carbocycles. The maximum Gasteiger partial charge on any atom is 0.224 e. The van der Waals surface area contributed by atoms with Crippen LogP contribution in [0.2, 0.25) is 0 Å². The minimum Gasteiger partial charge on any atom is -0.497 e. The zero-order chi connectivity index (χ0) is 22.2. The van der Waals surface area contributed by atoms with Crippen LogP contribution in [-0.2, 0) is 24.2 Å². The number of methoxy groups -OCH3 is 1. The lowest BCUT2D eigenvalue weighted by atomic mass is 9.87. The number of imidazole rings is 1. The summed E-state index contributed by atoms with van der Waals surface area (Å²) >= 11 is 0. The number of para-hydroxylation sites is 2. The molecule has 1 saturated carbocycles. The van der Waals surface area contributed by atoms with Crippen molar-refractivity contribution in [3.8, 4) is 5.75 Å². The number of ether oxygens (including phenoxy) is 1. The smallest absolute Gasteiger partial charge is 0.224 e. The topological polar surface area (TPSA) is 56.1 Å². The van der Waals surface area contributed by atoms with Crippen LogP contribution < -0.4 is 10.1 Å². The number of nitrogens with one attached hydrogen (secondary N) is 1. The highest BCUT2D eigenvalue weighted by molar-refractivity contribution is 5.78. The number of carbonyl (C=O) groups is 1.